The van der Waals surface area contributed by atoms with Gasteiger partial charge < -0.3 is 4.74 Å². The SMILES string of the molecule is C1=Cc2ccccc2OC1.CC1=Cc2ccc3c(c2=CC1C)=CCC1=C3C=C[C@@H](c2ccccc2C(F)(F)F)C1. The minimum absolute atomic E-state index is 0.244. The zero-order chi connectivity index (χ0) is 27.9. The molecule has 40 heavy (non-hydrogen) atoms. The lowest BCUT2D eigenvalue weighted by Gasteiger charge is -2.27. The first-order valence-corrected chi connectivity index (χ1v) is 13.8. The summed E-state index contributed by atoms with van der Waals surface area (Å²) in [6.07, 6.45) is 12.0. The normalized spacial score (nSPS) is 20.3. The first-order chi connectivity index (χ1) is 19.3. The second kappa shape index (κ2) is 10.5. The Labute approximate surface area is 233 Å². The van der Waals surface area contributed by atoms with E-state index in [1.165, 1.54) is 56.0 Å². The summed E-state index contributed by atoms with van der Waals surface area (Å²) in [7, 11) is 0. The summed E-state index contributed by atoms with van der Waals surface area (Å²) < 4.78 is 45.8. The Bertz CT molecular complexity index is 1720. The Hall–Kier alpha value is -4.05. The van der Waals surface area contributed by atoms with Gasteiger partial charge in [-0.15, -0.1) is 0 Å². The smallest absolute Gasteiger partial charge is 0.416 e. The number of halogens is 3. The van der Waals surface area contributed by atoms with E-state index in [2.05, 4.69) is 50.3 Å². The summed E-state index contributed by atoms with van der Waals surface area (Å²) >= 11 is 0. The van der Waals surface area contributed by atoms with Crippen LogP contribution in [0.25, 0.3) is 29.9 Å². The molecule has 0 saturated carbocycles. The van der Waals surface area contributed by atoms with E-state index in [0.29, 0.717) is 24.5 Å². The number of rotatable bonds is 1. The third-order valence-electron chi connectivity index (χ3n) is 8.24. The van der Waals surface area contributed by atoms with Gasteiger partial charge in [-0.2, -0.15) is 13.2 Å². The number of hydrogen-bond donors (Lipinski definition) is 0. The monoisotopic (exact) mass is 536 g/mol. The van der Waals surface area contributed by atoms with Crippen molar-refractivity contribution in [1.29, 1.82) is 0 Å². The number of ether oxygens (including phenoxy) is 1. The third-order valence-corrected chi connectivity index (χ3v) is 8.24. The molecule has 0 saturated heterocycles. The molecule has 3 aliphatic carbocycles. The number of para-hydroxylation sites is 1. The van der Waals surface area contributed by atoms with Gasteiger partial charge in [-0.05, 0) is 76.6 Å². The average molecular weight is 537 g/mol. The van der Waals surface area contributed by atoms with Gasteiger partial charge in [-0.3, -0.25) is 0 Å². The predicted molar refractivity (Wildman–Crippen MR) is 158 cm³/mol. The summed E-state index contributed by atoms with van der Waals surface area (Å²) in [5, 5.41) is 2.55. The summed E-state index contributed by atoms with van der Waals surface area (Å²) in [6, 6.07) is 18.3. The van der Waals surface area contributed by atoms with E-state index in [-0.39, 0.29) is 5.92 Å². The Morgan fingerprint density at radius 1 is 0.875 bits per heavy atom. The lowest BCUT2D eigenvalue weighted by molar-refractivity contribution is -0.138. The predicted octanol–water partition coefficient (Wildman–Crippen LogP) is 8.31. The maximum Gasteiger partial charge on any atom is 0.416 e. The van der Waals surface area contributed by atoms with Crippen molar-refractivity contribution in [2.75, 3.05) is 6.61 Å². The molecule has 0 bridgehead atoms. The average Bonchev–Trinajstić information content (AvgIpc) is 2.97. The molecule has 0 amide bonds. The number of allylic oxidation sites excluding steroid dienone is 5. The van der Waals surface area contributed by atoms with E-state index in [9.17, 15) is 13.2 Å². The van der Waals surface area contributed by atoms with E-state index in [4.69, 9.17) is 4.74 Å². The highest BCUT2D eigenvalue weighted by Gasteiger charge is 2.35. The summed E-state index contributed by atoms with van der Waals surface area (Å²) in [6.45, 7) is 5.08. The fraction of sp³-hybridized carbons (Fsp3) is 0.222. The topological polar surface area (TPSA) is 9.23 Å². The van der Waals surface area contributed by atoms with Crippen LogP contribution >= 0.6 is 0 Å². The van der Waals surface area contributed by atoms with Crippen molar-refractivity contribution in [1.82, 2.24) is 0 Å². The lowest BCUT2D eigenvalue weighted by Crippen LogP contribution is -2.35. The lowest BCUT2D eigenvalue weighted by atomic mass is 9.77. The largest absolute Gasteiger partial charge is 0.489 e. The van der Waals surface area contributed by atoms with Crippen molar-refractivity contribution in [3.63, 3.8) is 0 Å². The van der Waals surface area contributed by atoms with E-state index < -0.39 is 11.7 Å². The first kappa shape index (κ1) is 26.2. The van der Waals surface area contributed by atoms with Gasteiger partial charge in [-0.1, -0.05) is 103 Å². The maximum absolute atomic E-state index is 13.5. The number of benzene rings is 3. The van der Waals surface area contributed by atoms with Gasteiger partial charge >= 0.3 is 6.18 Å². The summed E-state index contributed by atoms with van der Waals surface area (Å²) in [5.41, 5.74) is 7.24. The van der Waals surface area contributed by atoms with Crippen LogP contribution in [0.15, 0.2) is 90.0 Å². The van der Waals surface area contributed by atoms with Gasteiger partial charge in [0, 0.05) is 11.5 Å². The highest BCUT2D eigenvalue weighted by Crippen LogP contribution is 2.42. The Kier molecular flexibility index (Phi) is 6.87. The maximum atomic E-state index is 13.5. The molecule has 0 aromatic heterocycles. The molecule has 1 aliphatic heterocycles. The van der Waals surface area contributed by atoms with Crippen molar-refractivity contribution in [3.05, 3.63) is 128 Å². The van der Waals surface area contributed by atoms with Crippen LogP contribution in [0, 0.1) is 5.92 Å². The van der Waals surface area contributed by atoms with Gasteiger partial charge in [0.25, 0.3) is 0 Å². The zero-order valence-electron chi connectivity index (χ0n) is 22.6. The molecule has 4 aliphatic rings. The molecule has 0 N–H and O–H groups in total. The second-order valence-corrected chi connectivity index (χ2v) is 10.8. The number of hydrogen-bond acceptors (Lipinski definition) is 1. The van der Waals surface area contributed by atoms with Crippen LogP contribution in [0.3, 0.4) is 0 Å². The fourth-order valence-corrected chi connectivity index (χ4v) is 6.01. The molecule has 3 aromatic rings. The number of alkyl halides is 3. The highest BCUT2D eigenvalue weighted by atomic mass is 19.4. The molecule has 0 radical (unpaired) electrons. The van der Waals surface area contributed by atoms with Gasteiger partial charge in [0.1, 0.15) is 12.4 Å². The Morgan fingerprint density at radius 3 is 2.50 bits per heavy atom. The molecule has 202 valence electrons. The Morgan fingerprint density at radius 2 is 1.68 bits per heavy atom. The van der Waals surface area contributed by atoms with Crippen molar-refractivity contribution in [3.8, 4) is 5.75 Å². The van der Waals surface area contributed by atoms with E-state index in [1.54, 1.807) is 12.1 Å². The molecule has 0 fully saturated rings. The molecular weight excluding hydrogens is 505 g/mol. The van der Waals surface area contributed by atoms with Crippen LogP contribution < -0.4 is 15.2 Å². The van der Waals surface area contributed by atoms with Gasteiger partial charge in [0.15, 0.2) is 0 Å². The van der Waals surface area contributed by atoms with Gasteiger partial charge in [-0.25, -0.2) is 0 Å². The van der Waals surface area contributed by atoms with Gasteiger partial charge in [0.05, 0.1) is 5.56 Å². The van der Waals surface area contributed by atoms with E-state index in [1.807, 2.05) is 42.5 Å². The fourth-order valence-electron chi connectivity index (χ4n) is 6.01. The van der Waals surface area contributed by atoms with Crippen LogP contribution in [-0.4, -0.2) is 6.61 Å². The van der Waals surface area contributed by atoms with Crippen molar-refractivity contribution < 1.29 is 17.9 Å². The molecule has 0 spiro atoms. The quantitative estimate of drug-likeness (QED) is 0.304. The van der Waals surface area contributed by atoms with Crippen LogP contribution in [-0.2, 0) is 6.18 Å². The first-order valence-electron chi connectivity index (χ1n) is 13.8. The molecule has 1 unspecified atom stereocenters. The van der Waals surface area contributed by atoms with Crippen molar-refractivity contribution in [2.45, 2.75) is 38.8 Å². The Balaban J connectivity index is 0.000000242. The minimum Gasteiger partial charge on any atom is -0.489 e. The highest BCUT2D eigenvalue weighted by molar-refractivity contribution is 5.83. The third kappa shape index (κ3) is 4.99. The molecule has 2 atom stereocenters. The standard InChI is InChI=1S/C27H23F3.C9H8O/c1-16-13-18-8-11-23-21-10-7-20(22-5-3-4-6-26(22)27(28,29)30)15-19(21)9-12-24(23)25(18)14-17(16)2;1-2-6-9-8(4-1)5-3-7-10-9/h3-8,10-14,17,20H,9,15H2,1-2H3;1-6H,7H2/t17?,20-;/m1./s1. The molecule has 7 rings (SSSR count). The van der Waals surface area contributed by atoms with Crippen LogP contribution in [0.5, 0.6) is 5.75 Å². The van der Waals surface area contributed by atoms with Crippen LogP contribution in [0.2, 0.25) is 0 Å². The van der Waals surface area contributed by atoms with E-state index in [0.717, 1.165) is 12.2 Å². The van der Waals surface area contributed by atoms with Crippen molar-refractivity contribution in [2.24, 2.45) is 5.92 Å². The molecule has 3 aromatic carbocycles. The second-order valence-electron chi connectivity index (χ2n) is 10.8. The summed E-state index contributed by atoms with van der Waals surface area (Å²) in [4.78, 5) is 0. The molecule has 1 heterocycles. The van der Waals surface area contributed by atoms with Crippen LogP contribution in [0.1, 0.15) is 60.4 Å². The van der Waals surface area contributed by atoms with Gasteiger partial charge in [0.2, 0.25) is 0 Å². The molecule has 1 nitrogen and oxygen atoms in total. The van der Waals surface area contributed by atoms with Crippen LogP contribution in [0.4, 0.5) is 13.2 Å². The molecule has 4 heteroatoms. The number of fused-ring (bicyclic) bond motifs is 5. The summed E-state index contributed by atoms with van der Waals surface area (Å²) in [5.74, 6) is 1.16. The minimum atomic E-state index is -4.33. The van der Waals surface area contributed by atoms with E-state index >= 15 is 0 Å². The van der Waals surface area contributed by atoms with Crippen molar-refractivity contribution >= 4 is 29.9 Å². The molecular formula is C36H31F3O. The zero-order valence-corrected chi connectivity index (χ0v) is 22.6.